The Balaban J connectivity index is 1.52. The highest BCUT2D eigenvalue weighted by Crippen LogP contribution is 2.28. The van der Waals surface area contributed by atoms with Gasteiger partial charge in [-0.1, -0.05) is 12.1 Å². The number of aromatic amines is 1. The van der Waals surface area contributed by atoms with Gasteiger partial charge in [-0.25, -0.2) is 18.0 Å². The highest BCUT2D eigenvalue weighted by atomic mass is 32.2. The maximum Gasteiger partial charge on any atom is 0.337 e. The number of hydrogen-bond donors (Lipinski definition) is 1. The smallest absolute Gasteiger partial charge is 0.337 e. The van der Waals surface area contributed by atoms with E-state index in [2.05, 4.69) is 9.72 Å². The number of imidazole rings is 1. The fraction of sp³-hybridized carbons (Fsp3) is 0.300. The summed E-state index contributed by atoms with van der Waals surface area (Å²) in [6.45, 7) is 0.634. The van der Waals surface area contributed by atoms with Gasteiger partial charge in [0, 0.05) is 19.1 Å². The number of rotatable bonds is 4. The number of H-pyrrole nitrogens is 1. The van der Waals surface area contributed by atoms with Gasteiger partial charge in [0.15, 0.2) is 0 Å². The molecule has 0 spiro atoms. The van der Waals surface area contributed by atoms with Gasteiger partial charge < -0.3 is 9.72 Å². The largest absolute Gasteiger partial charge is 0.465 e. The number of ether oxygens (including phenoxy) is 1. The summed E-state index contributed by atoms with van der Waals surface area (Å²) in [5, 5.41) is 0. The molecule has 0 radical (unpaired) electrons. The van der Waals surface area contributed by atoms with Crippen molar-refractivity contribution in [3.05, 3.63) is 64.6 Å². The molecule has 2 heterocycles. The van der Waals surface area contributed by atoms with Crippen molar-refractivity contribution in [2.24, 2.45) is 0 Å². The average Bonchev–Trinajstić information content (AvgIpc) is 3.09. The van der Waals surface area contributed by atoms with Crippen molar-refractivity contribution in [3.63, 3.8) is 0 Å². The van der Waals surface area contributed by atoms with Gasteiger partial charge in [0.05, 0.1) is 28.6 Å². The van der Waals surface area contributed by atoms with E-state index in [-0.39, 0.29) is 16.6 Å². The van der Waals surface area contributed by atoms with Gasteiger partial charge >= 0.3 is 11.7 Å². The molecule has 3 aromatic rings. The summed E-state index contributed by atoms with van der Waals surface area (Å²) >= 11 is 0. The normalized spacial score (nSPS) is 16.2. The van der Waals surface area contributed by atoms with Crippen LogP contribution in [0.2, 0.25) is 0 Å². The van der Waals surface area contributed by atoms with E-state index < -0.39 is 16.0 Å². The minimum atomic E-state index is -3.67. The van der Waals surface area contributed by atoms with Gasteiger partial charge in [-0.3, -0.25) is 4.57 Å². The monoisotopic (exact) mass is 415 g/mol. The second-order valence-electron chi connectivity index (χ2n) is 6.97. The number of sulfonamides is 1. The van der Waals surface area contributed by atoms with Crippen LogP contribution in [0.25, 0.3) is 11.0 Å². The SMILES string of the molecule is COC(=O)c1ccc(S(=O)(=O)N2CCC(n3c(=O)[nH]c4ccccc43)CC2)cc1. The Morgan fingerprint density at radius 2 is 1.72 bits per heavy atom. The molecule has 0 aliphatic carbocycles. The lowest BCUT2D eigenvalue weighted by Gasteiger charge is -2.31. The molecule has 29 heavy (non-hydrogen) atoms. The van der Waals surface area contributed by atoms with Crippen molar-refractivity contribution in [1.29, 1.82) is 0 Å². The van der Waals surface area contributed by atoms with Crippen molar-refractivity contribution in [2.75, 3.05) is 20.2 Å². The number of carbonyl (C=O) groups is 1. The average molecular weight is 415 g/mol. The van der Waals surface area contributed by atoms with Crippen LogP contribution in [-0.2, 0) is 14.8 Å². The van der Waals surface area contributed by atoms with Crippen LogP contribution >= 0.6 is 0 Å². The van der Waals surface area contributed by atoms with Crippen LogP contribution in [0.4, 0.5) is 0 Å². The number of aromatic nitrogens is 2. The zero-order valence-corrected chi connectivity index (χ0v) is 16.7. The van der Waals surface area contributed by atoms with E-state index in [0.29, 0.717) is 31.5 Å². The summed E-state index contributed by atoms with van der Waals surface area (Å²) in [6, 6.07) is 13.1. The topological polar surface area (TPSA) is 101 Å². The number of methoxy groups -OCH3 is 1. The van der Waals surface area contributed by atoms with Crippen molar-refractivity contribution in [3.8, 4) is 0 Å². The van der Waals surface area contributed by atoms with Crippen LogP contribution < -0.4 is 5.69 Å². The summed E-state index contributed by atoms with van der Waals surface area (Å²) in [5.74, 6) is -0.515. The Morgan fingerprint density at radius 3 is 2.38 bits per heavy atom. The van der Waals surface area contributed by atoms with Gasteiger partial charge in [0.2, 0.25) is 10.0 Å². The Labute approximate surface area is 167 Å². The van der Waals surface area contributed by atoms with E-state index in [1.165, 1.54) is 35.7 Å². The summed E-state index contributed by atoms with van der Waals surface area (Å²) in [7, 11) is -2.40. The Bertz CT molecular complexity index is 1200. The van der Waals surface area contributed by atoms with Crippen LogP contribution in [-0.4, -0.2) is 48.4 Å². The molecule has 1 aliphatic rings. The summed E-state index contributed by atoms with van der Waals surface area (Å²) in [5.41, 5.74) is 1.73. The second-order valence-corrected chi connectivity index (χ2v) is 8.91. The highest BCUT2D eigenvalue weighted by molar-refractivity contribution is 7.89. The number of nitrogens with zero attached hydrogens (tertiary/aromatic N) is 2. The molecular weight excluding hydrogens is 394 g/mol. The molecule has 2 aromatic carbocycles. The lowest BCUT2D eigenvalue weighted by atomic mass is 10.1. The van der Waals surface area contributed by atoms with E-state index >= 15 is 0 Å². The summed E-state index contributed by atoms with van der Waals surface area (Å²) in [6.07, 6.45) is 1.09. The fourth-order valence-corrected chi connectivity index (χ4v) is 5.28. The van der Waals surface area contributed by atoms with Crippen molar-refractivity contribution >= 4 is 27.0 Å². The standard InChI is InChI=1S/C20H21N3O5S/c1-28-19(24)14-6-8-16(9-7-14)29(26,27)22-12-10-15(11-13-22)23-18-5-3-2-4-17(18)21-20(23)25/h2-9,15H,10-13H2,1H3,(H,21,25). The van der Waals surface area contributed by atoms with E-state index in [0.717, 1.165) is 11.0 Å². The first kappa shape index (κ1) is 19.4. The Kier molecular flexibility index (Phi) is 5.01. The van der Waals surface area contributed by atoms with Gasteiger partial charge in [0.25, 0.3) is 0 Å². The number of carbonyl (C=O) groups excluding carboxylic acids is 1. The molecule has 0 unspecified atom stereocenters. The van der Waals surface area contributed by atoms with Gasteiger partial charge in [-0.2, -0.15) is 4.31 Å². The van der Waals surface area contributed by atoms with E-state index in [4.69, 9.17) is 0 Å². The maximum atomic E-state index is 12.9. The fourth-order valence-electron chi connectivity index (χ4n) is 3.81. The van der Waals surface area contributed by atoms with E-state index in [1.807, 2.05) is 24.3 Å². The molecule has 1 aliphatic heterocycles. The van der Waals surface area contributed by atoms with Crippen LogP contribution in [0.3, 0.4) is 0 Å². The molecule has 1 fully saturated rings. The molecule has 0 atom stereocenters. The van der Waals surface area contributed by atoms with E-state index in [1.54, 1.807) is 4.57 Å². The first-order valence-corrected chi connectivity index (χ1v) is 10.7. The quantitative estimate of drug-likeness (QED) is 0.658. The zero-order valence-electron chi connectivity index (χ0n) is 15.9. The van der Waals surface area contributed by atoms with Crippen molar-refractivity contribution < 1.29 is 17.9 Å². The molecule has 8 nitrogen and oxygen atoms in total. The lowest BCUT2D eigenvalue weighted by molar-refractivity contribution is 0.0600. The van der Waals surface area contributed by atoms with Crippen LogP contribution in [0.15, 0.2) is 58.2 Å². The van der Waals surface area contributed by atoms with Crippen LogP contribution in [0.1, 0.15) is 29.2 Å². The number of nitrogens with one attached hydrogen (secondary N) is 1. The Morgan fingerprint density at radius 1 is 1.07 bits per heavy atom. The molecule has 1 aromatic heterocycles. The van der Waals surface area contributed by atoms with Gasteiger partial charge in [-0.15, -0.1) is 0 Å². The summed E-state index contributed by atoms with van der Waals surface area (Å²) in [4.78, 5) is 26.9. The third-order valence-electron chi connectivity index (χ3n) is 5.33. The van der Waals surface area contributed by atoms with E-state index in [9.17, 15) is 18.0 Å². The maximum absolute atomic E-state index is 12.9. The number of hydrogen-bond acceptors (Lipinski definition) is 5. The second kappa shape index (κ2) is 7.49. The number of esters is 1. The predicted octanol–water partition coefficient (Wildman–Crippen LogP) is 2.14. The third kappa shape index (κ3) is 3.47. The lowest BCUT2D eigenvalue weighted by Crippen LogP contribution is -2.40. The van der Waals surface area contributed by atoms with Crippen LogP contribution in [0.5, 0.6) is 0 Å². The molecule has 0 saturated carbocycles. The summed E-state index contributed by atoms with van der Waals surface area (Å²) < 4.78 is 33.7. The highest BCUT2D eigenvalue weighted by Gasteiger charge is 2.31. The molecule has 152 valence electrons. The first-order valence-electron chi connectivity index (χ1n) is 9.29. The van der Waals surface area contributed by atoms with Crippen molar-refractivity contribution in [2.45, 2.75) is 23.8 Å². The molecular formula is C20H21N3O5S. The van der Waals surface area contributed by atoms with Crippen molar-refractivity contribution in [1.82, 2.24) is 13.9 Å². The third-order valence-corrected chi connectivity index (χ3v) is 7.24. The minimum Gasteiger partial charge on any atom is -0.465 e. The number of piperidine rings is 1. The zero-order chi connectivity index (χ0) is 20.6. The minimum absolute atomic E-state index is 0.0631. The predicted molar refractivity (Wildman–Crippen MR) is 107 cm³/mol. The van der Waals surface area contributed by atoms with Crippen LogP contribution in [0, 0.1) is 0 Å². The molecule has 1 saturated heterocycles. The molecule has 0 amide bonds. The number of fused-ring (bicyclic) bond motifs is 1. The molecule has 1 N–H and O–H groups in total. The van der Waals surface area contributed by atoms with Gasteiger partial charge in [-0.05, 0) is 49.2 Å². The molecule has 0 bridgehead atoms. The number of para-hydroxylation sites is 2. The first-order chi connectivity index (χ1) is 13.9. The molecule has 4 rings (SSSR count). The molecule has 9 heteroatoms. The Hall–Kier alpha value is -2.91. The van der Waals surface area contributed by atoms with Gasteiger partial charge in [0.1, 0.15) is 0 Å². The number of benzene rings is 2.